The van der Waals surface area contributed by atoms with Crippen molar-refractivity contribution >= 4 is 5.71 Å². The molecule has 0 aliphatic heterocycles. The second-order valence-electron chi connectivity index (χ2n) is 3.54. The Hall–Kier alpha value is -0.850. The quantitative estimate of drug-likeness (QED) is 0.424. The van der Waals surface area contributed by atoms with E-state index in [1.54, 1.807) is 12.3 Å². The van der Waals surface area contributed by atoms with Crippen LogP contribution in [-0.2, 0) is 0 Å². The zero-order valence-corrected chi connectivity index (χ0v) is 7.89. The van der Waals surface area contributed by atoms with Crippen molar-refractivity contribution in [2.24, 2.45) is 10.4 Å². The Morgan fingerprint density at radius 3 is 2.27 bits per heavy atom. The van der Waals surface area contributed by atoms with E-state index in [1.165, 1.54) is 0 Å². The van der Waals surface area contributed by atoms with E-state index in [2.05, 4.69) is 32.3 Å². The predicted molar refractivity (Wildman–Crippen MR) is 51.9 cm³/mol. The molecule has 1 heteroatoms. The van der Waals surface area contributed by atoms with Gasteiger partial charge in [-0.2, -0.15) is 0 Å². The van der Waals surface area contributed by atoms with Gasteiger partial charge in [0.15, 0.2) is 0 Å². The standard InChI is InChI=1S/C10H17N/c1-6-7-8-11-9(2)10(3,4)5/h6-8H,1H2,2-5H3/b8-7-,11-9+. The van der Waals surface area contributed by atoms with Crippen molar-refractivity contribution < 1.29 is 0 Å². The van der Waals surface area contributed by atoms with Gasteiger partial charge in [-0.3, -0.25) is 4.99 Å². The van der Waals surface area contributed by atoms with Gasteiger partial charge in [0, 0.05) is 11.9 Å². The summed E-state index contributed by atoms with van der Waals surface area (Å²) in [7, 11) is 0. The van der Waals surface area contributed by atoms with Crippen LogP contribution in [0.3, 0.4) is 0 Å². The number of aliphatic imine (C=N–C) groups is 1. The Morgan fingerprint density at radius 2 is 1.91 bits per heavy atom. The summed E-state index contributed by atoms with van der Waals surface area (Å²) in [5.74, 6) is 0. The lowest BCUT2D eigenvalue weighted by Gasteiger charge is -2.16. The van der Waals surface area contributed by atoms with Crippen LogP contribution in [0.15, 0.2) is 29.9 Å². The van der Waals surface area contributed by atoms with Gasteiger partial charge in [0.1, 0.15) is 0 Å². The second kappa shape index (κ2) is 4.12. The van der Waals surface area contributed by atoms with Crippen LogP contribution >= 0.6 is 0 Å². The molecule has 11 heavy (non-hydrogen) atoms. The van der Waals surface area contributed by atoms with Gasteiger partial charge in [-0.1, -0.05) is 33.4 Å². The normalized spacial score (nSPS) is 14.0. The van der Waals surface area contributed by atoms with Crippen molar-refractivity contribution in [1.82, 2.24) is 0 Å². The van der Waals surface area contributed by atoms with Crippen molar-refractivity contribution in [3.63, 3.8) is 0 Å². The average molecular weight is 151 g/mol. The first-order valence-electron chi connectivity index (χ1n) is 3.81. The van der Waals surface area contributed by atoms with E-state index in [0.717, 1.165) is 5.71 Å². The number of hydrogen-bond donors (Lipinski definition) is 0. The third-order valence-corrected chi connectivity index (χ3v) is 1.58. The van der Waals surface area contributed by atoms with Crippen LogP contribution in [0.2, 0.25) is 0 Å². The molecule has 0 rings (SSSR count). The minimum Gasteiger partial charge on any atom is -0.265 e. The molecule has 0 bridgehead atoms. The molecule has 0 amide bonds. The summed E-state index contributed by atoms with van der Waals surface area (Å²) in [6.45, 7) is 12.0. The van der Waals surface area contributed by atoms with E-state index in [9.17, 15) is 0 Å². The van der Waals surface area contributed by atoms with E-state index < -0.39 is 0 Å². The summed E-state index contributed by atoms with van der Waals surface area (Å²) >= 11 is 0. The van der Waals surface area contributed by atoms with Crippen LogP contribution in [0, 0.1) is 5.41 Å². The summed E-state index contributed by atoms with van der Waals surface area (Å²) in [5, 5.41) is 0. The smallest absolute Gasteiger partial charge is 0.0267 e. The molecule has 0 N–H and O–H groups in total. The number of nitrogens with zero attached hydrogens (tertiary/aromatic N) is 1. The molecule has 62 valence electrons. The fourth-order valence-corrected chi connectivity index (χ4v) is 0.409. The Bertz CT molecular complexity index is 180. The molecule has 0 aliphatic rings. The molecule has 0 aromatic carbocycles. The van der Waals surface area contributed by atoms with Crippen molar-refractivity contribution in [2.75, 3.05) is 0 Å². The van der Waals surface area contributed by atoms with Gasteiger partial charge in [-0.15, -0.1) is 0 Å². The highest BCUT2D eigenvalue weighted by atomic mass is 14.7. The Labute approximate surface area is 69.5 Å². The molecule has 0 unspecified atom stereocenters. The van der Waals surface area contributed by atoms with Gasteiger partial charge < -0.3 is 0 Å². The highest BCUT2D eigenvalue weighted by molar-refractivity contribution is 5.87. The van der Waals surface area contributed by atoms with Crippen molar-refractivity contribution in [1.29, 1.82) is 0 Å². The number of hydrogen-bond acceptors (Lipinski definition) is 1. The molecular weight excluding hydrogens is 134 g/mol. The van der Waals surface area contributed by atoms with Crippen LogP contribution in [0.4, 0.5) is 0 Å². The van der Waals surface area contributed by atoms with E-state index in [1.807, 2.05) is 13.0 Å². The zero-order chi connectivity index (χ0) is 8.91. The third-order valence-electron chi connectivity index (χ3n) is 1.58. The van der Waals surface area contributed by atoms with Crippen molar-refractivity contribution in [3.05, 3.63) is 24.9 Å². The maximum atomic E-state index is 4.25. The summed E-state index contributed by atoms with van der Waals surface area (Å²) in [6.07, 6.45) is 5.32. The van der Waals surface area contributed by atoms with E-state index in [4.69, 9.17) is 0 Å². The van der Waals surface area contributed by atoms with Crippen LogP contribution in [0.25, 0.3) is 0 Å². The second-order valence-corrected chi connectivity index (χ2v) is 3.54. The van der Waals surface area contributed by atoms with Crippen LogP contribution < -0.4 is 0 Å². The van der Waals surface area contributed by atoms with Crippen LogP contribution in [0.5, 0.6) is 0 Å². The van der Waals surface area contributed by atoms with Gasteiger partial charge >= 0.3 is 0 Å². The zero-order valence-electron chi connectivity index (χ0n) is 7.89. The molecule has 0 saturated heterocycles. The van der Waals surface area contributed by atoms with Crippen LogP contribution in [-0.4, -0.2) is 5.71 Å². The number of allylic oxidation sites excluding steroid dienone is 2. The molecule has 0 aromatic rings. The molecule has 0 saturated carbocycles. The van der Waals surface area contributed by atoms with Crippen molar-refractivity contribution in [2.45, 2.75) is 27.7 Å². The first-order chi connectivity index (χ1) is 4.98. The first-order valence-corrected chi connectivity index (χ1v) is 3.81. The van der Waals surface area contributed by atoms with E-state index in [-0.39, 0.29) is 5.41 Å². The summed E-state index contributed by atoms with van der Waals surface area (Å²) in [5.41, 5.74) is 1.31. The van der Waals surface area contributed by atoms with Crippen LogP contribution in [0.1, 0.15) is 27.7 Å². The Kier molecular flexibility index (Phi) is 3.80. The molecule has 0 aliphatic carbocycles. The lowest BCUT2D eigenvalue weighted by atomic mass is 9.91. The molecule has 0 atom stereocenters. The lowest BCUT2D eigenvalue weighted by Crippen LogP contribution is -2.16. The fraction of sp³-hybridized carbons (Fsp3) is 0.500. The van der Waals surface area contributed by atoms with E-state index in [0.29, 0.717) is 0 Å². The Morgan fingerprint density at radius 1 is 1.36 bits per heavy atom. The third kappa shape index (κ3) is 4.54. The molecular formula is C10H17N. The molecule has 1 nitrogen and oxygen atoms in total. The SMILES string of the molecule is C=C/C=C\N=C(/C)C(C)(C)C. The van der Waals surface area contributed by atoms with Gasteiger partial charge in [0.2, 0.25) is 0 Å². The molecule has 0 heterocycles. The largest absolute Gasteiger partial charge is 0.265 e. The molecule has 0 spiro atoms. The summed E-state index contributed by atoms with van der Waals surface area (Å²) in [4.78, 5) is 4.25. The minimum absolute atomic E-state index is 0.172. The molecule has 0 radical (unpaired) electrons. The lowest BCUT2D eigenvalue weighted by molar-refractivity contribution is 0.588. The summed E-state index contributed by atoms with van der Waals surface area (Å²) in [6, 6.07) is 0. The van der Waals surface area contributed by atoms with Crippen molar-refractivity contribution in [3.8, 4) is 0 Å². The monoisotopic (exact) mass is 151 g/mol. The highest BCUT2D eigenvalue weighted by Crippen LogP contribution is 2.15. The predicted octanol–water partition coefficient (Wildman–Crippen LogP) is 3.19. The van der Waals surface area contributed by atoms with Gasteiger partial charge in [0.25, 0.3) is 0 Å². The fourth-order valence-electron chi connectivity index (χ4n) is 0.409. The minimum atomic E-state index is 0.172. The maximum Gasteiger partial charge on any atom is 0.0267 e. The highest BCUT2D eigenvalue weighted by Gasteiger charge is 2.12. The topological polar surface area (TPSA) is 12.4 Å². The van der Waals surface area contributed by atoms with Gasteiger partial charge in [-0.25, -0.2) is 0 Å². The number of rotatable bonds is 2. The summed E-state index contributed by atoms with van der Waals surface area (Å²) < 4.78 is 0. The maximum absolute atomic E-state index is 4.25. The Balaban J connectivity index is 4.23. The molecule has 0 fully saturated rings. The average Bonchev–Trinajstić information content (AvgIpc) is 1.86. The van der Waals surface area contributed by atoms with Gasteiger partial charge in [-0.05, 0) is 18.4 Å². The van der Waals surface area contributed by atoms with E-state index >= 15 is 0 Å². The van der Waals surface area contributed by atoms with Gasteiger partial charge in [0.05, 0.1) is 0 Å². The molecule has 0 aromatic heterocycles. The first kappa shape index (κ1) is 10.2.